The Balaban J connectivity index is 1.76. The van der Waals surface area contributed by atoms with E-state index in [0.717, 1.165) is 24.9 Å². The minimum Gasteiger partial charge on any atom is -0.381 e. The molecule has 3 heteroatoms. The maximum absolute atomic E-state index is 5.43. The van der Waals surface area contributed by atoms with Crippen molar-refractivity contribution in [1.29, 1.82) is 0 Å². The molecule has 1 aromatic carbocycles. The molecule has 0 amide bonds. The lowest BCUT2D eigenvalue weighted by molar-refractivity contribution is 0.0616. The molecule has 0 aromatic heterocycles. The Morgan fingerprint density at radius 1 is 1.26 bits per heavy atom. The van der Waals surface area contributed by atoms with Crippen LogP contribution in [0.15, 0.2) is 29.2 Å². The average Bonchev–Trinajstić information content (AvgIpc) is 2.46. The molecule has 0 aliphatic carbocycles. The van der Waals surface area contributed by atoms with Crippen molar-refractivity contribution in [2.75, 3.05) is 26.0 Å². The first-order chi connectivity index (χ1) is 9.28. The Bertz CT molecular complexity index is 360. The molecule has 1 aliphatic rings. The van der Waals surface area contributed by atoms with Crippen molar-refractivity contribution in [3.8, 4) is 0 Å². The number of ether oxygens (including phenoxy) is 1. The zero-order valence-electron chi connectivity index (χ0n) is 12.0. The first-order valence-electron chi connectivity index (χ1n) is 7.22. The van der Waals surface area contributed by atoms with Gasteiger partial charge in [-0.3, -0.25) is 0 Å². The van der Waals surface area contributed by atoms with E-state index in [1.807, 2.05) is 11.8 Å². The molecule has 0 saturated carbocycles. The molecule has 2 nitrogen and oxygen atoms in total. The van der Waals surface area contributed by atoms with Gasteiger partial charge in [0.1, 0.15) is 0 Å². The molecule has 19 heavy (non-hydrogen) atoms. The predicted octanol–water partition coefficient (Wildman–Crippen LogP) is 3.49. The zero-order chi connectivity index (χ0) is 13.5. The maximum atomic E-state index is 5.43. The summed E-state index contributed by atoms with van der Waals surface area (Å²) < 4.78 is 5.43. The van der Waals surface area contributed by atoms with Gasteiger partial charge in [-0.1, -0.05) is 17.7 Å². The van der Waals surface area contributed by atoms with Crippen molar-refractivity contribution in [2.45, 2.75) is 37.1 Å². The second-order valence-electron chi connectivity index (χ2n) is 5.40. The second kappa shape index (κ2) is 7.93. The van der Waals surface area contributed by atoms with E-state index in [2.05, 4.69) is 43.6 Å². The molecule has 1 aliphatic heterocycles. The van der Waals surface area contributed by atoms with Gasteiger partial charge in [-0.25, -0.2) is 0 Å². The fourth-order valence-electron chi connectivity index (χ4n) is 2.49. The highest BCUT2D eigenvalue weighted by molar-refractivity contribution is 7.99. The van der Waals surface area contributed by atoms with Crippen LogP contribution in [0.2, 0.25) is 0 Å². The van der Waals surface area contributed by atoms with Crippen molar-refractivity contribution < 1.29 is 4.74 Å². The Labute approximate surface area is 121 Å². The first-order valence-corrected chi connectivity index (χ1v) is 8.21. The maximum Gasteiger partial charge on any atom is 0.0468 e. The molecule has 0 bridgehead atoms. The molecule has 106 valence electrons. The van der Waals surface area contributed by atoms with E-state index in [1.54, 1.807) is 0 Å². The highest BCUT2D eigenvalue weighted by Gasteiger charge is 2.18. The van der Waals surface area contributed by atoms with Gasteiger partial charge in [0.25, 0.3) is 0 Å². The van der Waals surface area contributed by atoms with E-state index in [0.29, 0.717) is 6.04 Å². The highest BCUT2D eigenvalue weighted by atomic mass is 32.2. The summed E-state index contributed by atoms with van der Waals surface area (Å²) in [4.78, 5) is 1.37. The van der Waals surface area contributed by atoms with Crippen LogP contribution in [0.25, 0.3) is 0 Å². The van der Waals surface area contributed by atoms with Crippen LogP contribution in [0.1, 0.15) is 24.8 Å². The third-order valence-corrected chi connectivity index (χ3v) is 5.01. The third-order valence-electron chi connectivity index (χ3n) is 3.84. The molecule has 1 unspecified atom stereocenters. The number of nitrogens with one attached hydrogen (secondary N) is 1. The van der Waals surface area contributed by atoms with Crippen LogP contribution in [0.5, 0.6) is 0 Å². The number of benzene rings is 1. The predicted molar refractivity (Wildman–Crippen MR) is 82.9 cm³/mol. The lowest BCUT2D eigenvalue weighted by Crippen LogP contribution is -2.32. The summed E-state index contributed by atoms with van der Waals surface area (Å²) in [5.41, 5.74) is 1.33. The van der Waals surface area contributed by atoms with E-state index in [9.17, 15) is 0 Å². The Kier molecular flexibility index (Phi) is 6.21. The molecular weight excluding hydrogens is 254 g/mol. The van der Waals surface area contributed by atoms with Gasteiger partial charge in [-0.2, -0.15) is 0 Å². The van der Waals surface area contributed by atoms with Gasteiger partial charge in [0.2, 0.25) is 0 Å². The van der Waals surface area contributed by atoms with Crippen molar-refractivity contribution in [3.63, 3.8) is 0 Å². The zero-order valence-corrected chi connectivity index (χ0v) is 12.8. The lowest BCUT2D eigenvalue weighted by atomic mass is 9.93. The van der Waals surface area contributed by atoms with Crippen LogP contribution in [0.4, 0.5) is 0 Å². The van der Waals surface area contributed by atoms with Crippen LogP contribution in [-0.4, -0.2) is 32.1 Å². The number of rotatable bonds is 6. The van der Waals surface area contributed by atoms with Gasteiger partial charge in [-0.05, 0) is 51.3 Å². The molecule has 0 radical (unpaired) electrons. The molecule has 1 aromatic rings. The fraction of sp³-hybridized carbons (Fsp3) is 0.625. The molecule has 1 heterocycles. The molecule has 1 N–H and O–H groups in total. The van der Waals surface area contributed by atoms with Gasteiger partial charge in [0, 0.05) is 29.9 Å². The minimum absolute atomic E-state index is 0.606. The molecule has 1 saturated heterocycles. The summed E-state index contributed by atoms with van der Waals surface area (Å²) in [5.74, 6) is 1.99. The minimum atomic E-state index is 0.606. The van der Waals surface area contributed by atoms with Gasteiger partial charge in [0.05, 0.1) is 0 Å². The Morgan fingerprint density at radius 3 is 2.58 bits per heavy atom. The fourth-order valence-corrected chi connectivity index (χ4v) is 3.51. The monoisotopic (exact) mass is 279 g/mol. The SMILES string of the molecule is CNC(CSc1ccc(C)cc1)CC1CCOCC1. The smallest absolute Gasteiger partial charge is 0.0468 e. The van der Waals surface area contributed by atoms with Gasteiger partial charge in [0.15, 0.2) is 0 Å². The van der Waals surface area contributed by atoms with E-state index in [-0.39, 0.29) is 0 Å². The number of hydrogen-bond acceptors (Lipinski definition) is 3. The van der Waals surface area contributed by atoms with E-state index >= 15 is 0 Å². The molecule has 2 rings (SSSR count). The average molecular weight is 279 g/mol. The largest absolute Gasteiger partial charge is 0.381 e. The number of aryl methyl sites for hydroxylation is 1. The van der Waals surface area contributed by atoms with Crippen LogP contribution in [0, 0.1) is 12.8 Å². The summed E-state index contributed by atoms with van der Waals surface area (Å²) >= 11 is 1.96. The normalized spacial score (nSPS) is 18.4. The van der Waals surface area contributed by atoms with Crippen LogP contribution < -0.4 is 5.32 Å². The second-order valence-corrected chi connectivity index (χ2v) is 6.49. The third kappa shape index (κ3) is 5.17. The van der Waals surface area contributed by atoms with Crippen LogP contribution in [0.3, 0.4) is 0 Å². The topological polar surface area (TPSA) is 21.3 Å². The van der Waals surface area contributed by atoms with Gasteiger partial charge in [-0.15, -0.1) is 11.8 Å². The van der Waals surface area contributed by atoms with Crippen molar-refractivity contribution in [3.05, 3.63) is 29.8 Å². The van der Waals surface area contributed by atoms with Gasteiger partial charge < -0.3 is 10.1 Å². The van der Waals surface area contributed by atoms with Crippen molar-refractivity contribution in [2.24, 2.45) is 5.92 Å². The first kappa shape index (κ1) is 14.9. The number of hydrogen-bond donors (Lipinski definition) is 1. The molecule has 0 spiro atoms. The van der Waals surface area contributed by atoms with Crippen molar-refractivity contribution >= 4 is 11.8 Å². The highest BCUT2D eigenvalue weighted by Crippen LogP contribution is 2.24. The Morgan fingerprint density at radius 2 is 1.95 bits per heavy atom. The summed E-state index contributed by atoms with van der Waals surface area (Å²) in [6.07, 6.45) is 3.74. The summed E-state index contributed by atoms with van der Waals surface area (Å²) in [7, 11) is 2.08. The van der Waals surface area contributed by atoms with E-state index < -0.39 is 0 Å². The summed E-state index contributed by atoms with van der Waals surface area (Å²) in [6.45, 7) is 4.04. The van der Waals surface area contributed by atoms with Crippen molar-refractivity contribution in [1.82, 2.24) is 5.32 Å². The summed E-state index contributed by atoms with van der Waals surface area (Å²) in [6, 6.07) is 9.43. The molecule has 1 fully saturated rings. The number of thioether (sulfide) groups is 1. The van der Waals surface area contributed by atoms with Crippen LogP contribution >= 0.6 is 11.8 Å². The molecule has 1 atom stereocenters. The van der Waals surface area contributed by atoms with E-state index in [4.69, 9.17) is 4.74 Å². The van der Waals surface area contributed by atoms with Gasteiger partial charge >= 0.3 is 0 Å². The Hall–Kier alpha value is -0.510. The molecular formula is C16H25NOS. The lowest BCUT2D eigenvalue weighted by Gasteiger charge is -2.26. The van der Waals surface area contributed by atoms with Crippen LogP contribution in [-0.2, 0) is 4.74 Å². The summed E-state index contributed by atoms with van der Waals surface area (Å²) in [5, 5.41) is 3.47. The van der Waals surface area contributed by atoms with E-state index in [1.165, 1.54) is 29.7 Å². The standard InChI is InChI=1S/C16H25NOS/c1-13-3-5-16(6-4-13)19-12-15(17-2)11-14-7-9-18-10-8-14/h3-6,14-15,17H,7-12H2,1-2H3. The quantitative estimate of drug-likeness (QED) is 0.805.